The molecule has 15 heavy (non-hydrogen) atoms. The van der Waals surface area contributed by atoms with E-state index in [-0.39, 0.29) is 11.9 Å². The van der Waals surface area contributed by atoms with E-state index in [0.29, 0.717) is 5.56 Å². The normalized spacial score (nSPS) is 13.6. The molecule has 1 N–H and O–H groups in total. The summed E-state index contributed by atoms with van der Waals surface area (Å²) < 4.78 is 49.6. The lowest BCUT2D eigenvalue weighted by Crippen LogP contribution is -2.17. The largest absolute Gasteiger partial charge is 0.573 e. The number of rotatable bonds is 3. The summed E-state index contributed by atoms with van der Waals surface area (Å²) in [5.41, 5.74) is 0.336. The van der Waals surface area contributed by atoms with Gasteiger partial charge >= 0.3 is 6.36 Å². The Morgan fingerprint density at radius 1 is 1.40 bits per heavy atom. The molecule has 0 bridgehead atoms. The first-order valence-corrected chi connectivity index (χ1v) is 5.49. The highest BCUT2D eigenvalue weighted by atomic mass is 31.1. The summed E-state index contributed by atoms with van der Waals surface area (Å²) in [6.07, 6.45) is -4.90. The van der Waals surface area contributed by atoms with Crippen molar-refractivity contribution < 1.29 is 27.4 Å². The Bertz CT molecular complexity index is 364. The highest BCUT2D eigenvalue weighted by Gasteiger charge is 2.31. The van der Waals surface area contributed by atoms with Crippen molar-refractivity contribution in [1.29, 1.82) is 0 Å². The molecule has 1 unspecified atom stereocenters. The Kier molecular flexibility index (Phi) is 3.77. The van der Waals surface area contributed by atoms with Gasteiger partial charge in [0.25, 0.3) is 0 Å². The van der Waals surface area contributed by atoms with Crippen LogP contribution in [-0.2, 0) is 10.7 Å². The summed E-state index contributed by atoms with van der Waals surface area (Å²) >= 11 is 0. The lowest BCUT2D eigenvalue weighted by atomic mass is 10.2. The zero-order valence-electron chi connectivity index (χ0n) is 7.41. The van der Waals surface area contributed by atoms with Gasteiger partial charge in [-0.2, -0.15) is 0 Å². The van der Waals surface area contributed by atoms with Gasteiger partial charge in [-0.25, -0.2) is 0 Å². The van der Waals surface area contributed by atoms with Crippen LogP contribution in [0.15, 0.2) is 24.3 Å². The Labute approximate surface area is 84.4 Å². The molecule has 0 aromatic heterocycles. The standard InChI is InChI=1S/C8H8F3O3P/c9-8(10,11)14-7-3-1-2-6(4-7)5-15(12)13/h1-4,15H,5H2,(H,12,13). The maximum Gasteiger partial charge on any atom is 0.573 e. The minimum Gasteiger partial charge on any atom is -0.406 e. The van der Waals surface area contributed by atoms with E-state index in [2.05, 4.69) is 4.74 Å². The number of benzene rings is 1. The van der Waals surface area contributed by atoms with Crippen molar-refractivity contribution in [2.24, 2.45) is 0 Å². The summed E-state index contributed by atoms with van der Waals surface area (Å²) in [6, 6.07) is 5.01. The van der Waals surface area contributed by atoms with E-state index in [1.54, 1.807) is 0 Å². The summed E-state index contributed by atoms with van der Waals surface area (Å²) in [5.74, 6) is -0.386. The average molecular weight is 240 g/mol. The van der Waals surface area contributed by atoms with Gasteiger partial charge in [-0.3, -0.25) is 4.57 Å². The molecule has 0 aliphatic carbocycles. The molecule has 0 saturated heterocycles. The van der Waals surface area contributed by atoms with Gasteiger partial charge in [-0.1, -0.05) is 12.1 Å². The molecule has 0 aliphatic rings. The molecule has 0 fully saturated rings. The van der Waals surface area contributed by atoms with Gasteiger partial charge in [0, 0.05) is 6.16 Å². The predicted octanol–water partition coefficient (Wildman–Crippen LogP) is 2.55. The third-order valence-electron chi connectivity index (χ3n) is 1.49. The van der Waals surface area contributed by atoms with Crippen LogP contribution in [0.1, 0.15) is 5.56 Å². The number of alkyl halides is 3. The lowest BCUT2D eigenvalue weighted by Gasteiger charge is -2.09. The quantitative estimate of drug-likeness (QED) is 0.826. The number of hydrogen-bond donors (Lipinski definition) is 1. The Morgan fingerprint density at radius 3 is 2.60 bits per heavy atom. The van der Waals surface area contributed by atoms with Gasteiger partial charge in [0.2, 0.25) is 0 Å². The number of halogens is 3. The first kappa shape index (κ1) is 12.1. The molecule has 1 rings (SSSR count). The maximum absolute atomic E-state index is 11.8. The van der Waals surface area contributed by atoms with Crippen molar-refractivity contribution in [1.82, 2.24) is 0 Å². The van der Waals surface area contributed by atoms with Crippen molar-refractivity contribution in [3.63, 3.8) is 0 Å². The SMILES string of the molecule is O=[PH](O)Cc1cccc(OC(F)(F)F)c1. The summed E-state index contributed by atoms with van der Waals surface area (Å²) in [5, 5.41) is 0. The Balaban J connectivity index is 2.79. The van der Waals surface area contributed by atoms with Gasteiger partial charge in [0.15, 0.2) is 8.03 Å². The summed E-state index contributed by atoms with van der Waals surface area (Å²) in [6.45, 7) is 0. The van der Waals surface area contributed by atoms with E-state index >= 15 is 0 Å². The smallest absolute Gasteiger partial charge is 0.406 e. The molecule has 0 amide bonds. The summed E-state index contributed by atoms with van der Waals surface area (Å²) in [4.78, 5) is 8.61. The van der Waals surface area contributed by atoms with Crippen LogP contribution in [0, 0.1) is 0 Å². The molecule has 0 radical (unpaired) electrons. The van der Waals surface area contributed by atoms with Crippen molar-refractivity contribution in [3.05, 3.63) is 29.8 Å². The minimum atomic E-state index is -4.75. The Morgan fingerprint density at radius 2 is 2.07 bits per heavy atom. The van der Waals surface area contributed by atoms with Crippen LogP contribution in [0.3, 0.4) is 0 Å². The fraction of sp³-hybridized carbons (Fsp3) is 0.250. The highest BCUT2D eigenvalue weighted by Crippen LogP contribution is 2.27. The monoisotopic (exact) mass is 240 g/mol. The second-order valence-electron chi connectivity index (χ2n) is 2.77. The fourth-order valence-corrected chi connectivity index (χ4v) is 1.60. The van der Waals surface area contributed by atoms with Gasteiger partial charge < -0.3 is 9.63 Å². The van der Waals surface area contributed by atoms with Gasteiger partial charge in [0.1, 0.15) is 5.75 Å². The highest BCUT2D eigenvalue weighted by molar-refractivity contribution is 7.37. The molecule has 1 aromatic rings. The molecule has 1 aromatic carbocycles. The zero-order chi connectivity index (χ0) is 11.5. The van der Waals surface area contributed by atoms with Crippen LogP contribution in [-0.4, -0.2) is 11.3 Å². The van der Waals surface area contributed by atoms with Crippen molar-refractivity contribution in [2.75, 3.05) is 0 Å². The van der Waals surface area contributed by atoms with E-state index in [1.807, 2.05) is 0 Å². The molecular formula is C8H8F3O3P. The van der Waals surface area contributed by atoms with Gasteiger partial charge in [-0.05, 0) is 17.7 Å². The van der Waals surface area contributed by atoms with E-state index in [1.165, 1.54) is 12.1 Å². The minimum absolute atomic E-state index is 0.153. The van der Waals surface area contributed by atoms with Crippen LogP contribution in [0.4, 0.5) is 13.2 Å². The van der Waals surface area contributed by atoms with Crippen LogP contribution in [0.5, 0.6) is 5.75 Å². The van der Waals surface area contributed by atoms with Gasteiger partial charge in [-0.15, -0.1) is 13.2 Å². The van der Waals surface area contributed by atoms with Crippen molar-refractivity contribution in [2.45, 2.75) is 12.5 Å². The van der Waals surface area contributed by atoms with Crippen molar-refractivity contribution in [3.8, 4) is 5.75 Å². The first-order valence-electron chi connectivity index (χ1n) is 3.93. The fourth-order valence-electron chi connectivity index (χ4n) is 1.03. The molecule has 7 heteroatoms. The van der Waals surface area contributed by atoms with Crippen LogP contribution in [0.2, 0.25) is 0 Å². The second-order valence-corrected chi connectivity index (χ2v) is 3.91. The lowest BCUT2D eigenvalue weighted by molar-refractivity contribution is -0.274. The zero-order valence-corrected chi connectivity index (χ0v) is 8.41. The number of hydrogen-bond acceptors (Lipinski definition) is 2. The molecule has 3 nitrogen and oxygen atoms in total. The van der Waals surface area contributed by atoms with Crippen LogP contribution >= 0.6 is 8.03 Å². The third-order valence-corrected chi connectivity index (χ3v) is 2.20. The first-order chi connectivity index (χ1) is 6.87. The molecular weight excluding hydrogens is 232 g/mol. The van der Waals surface area contributed by atoms with Crippen LogP contribution in [0.25, 0.3) is 0 Å². The molecule has 0 spiro atoms. The van der Waals surface area contributed by atoms with E-state index in [4.69, 9.17) is 4.89 Å². The molecule has 0 aliphatic heterocycles. The van der Waals surface area contributed by atoms with E-state index in [9.17, 15) is 17.7 Å². The third kappa shape index (κ3) is 4.85. The molecule has 0 heterocycles. The average Bonchev–Trinajstić information content (AvgIpc) is 1.99. The number of ether oxygens (including phenoxy) is 1. The maximum atomic E-state index is 11.8. The topological polar surface area (TPSA) is 46.5 Å². The predicted molar refractivity (Wildman–Crippen MR) is 48.0 cm³/mol. The van der Waals surface area contributed by atoms with Gasteiger partial charge in [0.05, 0.1) is 0 Å². The van der Waals surface area contributed by atoms with E-state index in [0.717, 1.165) is 12.1 Å². The van der Waals surface area contributed by atoms with Crippen LogP contribution < -0.4 is 4.74 Å². The summed E-state index contributed by atoms with van der Waals surface area (Å²) in [7, 11) is -2.73. The molecule has 1 atom stereocenters. The molecule has 0 saturated carbocycles. The van der Waals surface area contributed by atoms with Crippen molar-refractivity contribution >= 4 is 8.03 Å². The molecule has 84 valence electrons. The Hall–Kier alpha value is -1.00. The van der Waals surface area contributed by atoms with E-state index < -0.39 is 14.4 Å². The second kappa shape index (κ2) is 4.68.